The van der Waals surface area contributed by atoms with Crippen LogP contribution in [0.1, 0.15) is 6.92 Å². The molecule has 1 N–H and O–H groups in total. The fourth-order valence-electron chi connectivity index (χ4n) is 2.47. The second kappa shape index (κ2) is 5.50. The maximum Gasteiger partial charge on any atom is 0.231 e. The maximum atomic E-state index is 7.28. The third-order valence-electron chi connectivity index (χ3n) is 3.51. The van der Waals surface area contributed by atoms with Gasteiger partial charge in [0, 0.05) is 50.7 Å². The van der Waals surface area contributed by atoms with E-state index in [-0.39, 0.29) is 0 Å². The van der Waals surface area contributed by atoms with Crippen molar-refractivity contribution in [2.24, 2.45) is 7.05 Å². The van der Waals surface area contributed by atoms with Gasteiger partial charge in [-0.1, -0.05) is 0 Å². The lowest BCUT2D eigenvalue weighted by Gasteiger charge is -2.32. The predicted octanol–water partition coefficient (Wildman–Crippen LogP) is 1.23. The molecule has 0 aromatic carbocycles. The van der Waals surface area contributed by atoms with E-state index in [0.717, 1.165) is 25.2 Å². The Morgan fingerprint density at radius 2 is 2.29 bits per heavy atom. The van der Waals surface area contributed by atoms with Crippen molar-refractivity contribution in [3.63, 3.8) is 0 Å². The van der Waals surface area contributed by atoms with Gasteiger partial charge < -0.3 is 10.2 Å². The summed E-state index contributed by atoms with van der Waals surface area (Å²) in [6.07, 6.45) is 5.19. The first-order valence-electron chi connectivity index (χ1n) is 6.89. The van der Waals surface area contributed by atoms with E-state index in [2.05, 4.69) is 37.1 Å². The van der Waals surface area contributed by atoms with Crippen LogP contribution in [0.15, 0.2) is 18.6 Å². The SMILES string of the molecule is [C-]#[N+]c1cnc(N2CCN[C@H](C)C2)nc1-c1cnn(C)c1. The second-order valence-corrected chi connectivity index (χ2v) is 5.22. The molecule has 1 atom stereocenters. The molecule has 1 fully saturated rings. The Balaban J connectivity index is 1.99. The summed E-state index contributed by atoms with van der Waals surface area (Å²) in [5.74, 6) is 0.676. The number of anilines is 1. The quantitative estimate of drug-likeness (QED) is 0.840. The minimum absolute atomic E-state index is 0.407. The molecular weight excluding hydrogens is 266 g/mol. The smallest absolute Gasteiger partial charge is 0.231 e. The molecular formula is C14H17N7. The van der Waals surface area contributed by atoms with Crippen molar-refractivity contribution in [2.75, 3.05) is 24.5 Å². The highest BCUT2D eigenvalue weighted by Crippen LogP contribution is 2.29. The standard InChI is InChI=1S/C14H17N7/c1-10-8-21(5-4-16-10)14-17-7-12(15-2)13(19-14)11-6-18-20(3)9-11/h6-7,9-10,16H,4-5,8H2,1,3H3/t10-/m1/s1. The van der Waals surface area contributed by atoms with E-state index in [9.17, 15) is 0 Å². The molecule has 3 heterocycles. The highest BCUT2D eigenvalue weighted by Gasteiger charge is 2.20. The first kappa shape index (κ1) is 13.5. The average molecular weight is 283 g/mol. The molecule has 2 aromatic heterocycles. The van der Waals surface area contributed by atoms with Crippen molar-refractivity contribution >= 4 is 11.6 Å². The highest BCUT2D eigenvalue weighted by atomic mass is 15.3. The summed E-state index contributed by atoms with van der Waals surface area (Å²) < 4.78 is 1.71. The van der Waals surface area contributed by atoms with Crippen molar-refractivity contribution in [1.82, 2.24) is 25.1 Å². The zero-order chi connectivity index (χ0) is 14.8. The first-order valence-corrected chi connectivity index (χ1v) is 6.89. The Morgan fingerprint density at radius 1 is 1.43 bits per heavy atom. The van der Waals surface area contributed by atoms with Crippen LogP contribution in [0.25, 0.3) is 16.1 Å². The van der Waals surface area contributed by atoms with Crippen molar-refractivity contribution < 1.29 is 0 Å². The number of hydrogen-bond acceptors (Lipinski definition) is 5. The molecule has 0 spiro atoms. The van der Waals surface area contributed by atoms with Gasteiger partial charge >= 0.3 is 0 Å². The van der Waals surface area contributed by atoms with Crippen LogP contribution in [0.3, 0.4) is 0 Å². The number of aryl methyl sites for hydroxylation is 1. The molecule has 0 bridgehead atoms. The molecule has 7 nitrogen and oxygen atoms in total. The van der Waals surface area contributed by atoms with Crippen LogP contribution in [0.4, 0.5) is 11.6 Å². The Kier molecular flexibility index (Phi) is 3.54. The third kappa shape index (κ3) is 2.71. The van der Waals surface area contributed by atoms with Gasteiger partial charge in [0.2, 0.25) is 11.6 Å². The third-order valence-corrected chi connectivity index (χ3v) is 3.51. The molecule has 0 amide bonds. The lowest BCUT2D eigenvalue weighted by molar-refractivity contribution is 0.479. The number of hydrogen-bond donors (Lipinski definition) is 1. The molecule has 1 saturated heterocycles. The Labute approximate surface area is 123 Å². The van der Waals surface area contributed by atoms with Crippen LogP contribution in [0, 0.1) is 6.57 Å². The molecule has 21 heavy (non-hydrogen) atoms. The molecule has 108 valence electrons. The average Bonchev–Trinajstić information content (AvgIpc) is 2.93. The Hall–Kier alpha value is -2.46. The number of piperazine rings is 1. The summed E-state index contributed by atoms with van der Waals surface area (Å²) >= 11 is 0. The van der Waals surface area contributed by atoms with Gasteiger partial charge in [-0.3, -0.25) is 4.68 Å². The summed E-state index contributed by atoms with van der Waals surface area (Å²) in [4.78, 5) is 14.6. The molecule has 0 unspecified atom stereocenters. The topological polar surface area (TPSA) is 63.2 Å². The van der Waals surface area contributed by atoms with E-state index in [0.29, 0.717) is 23.4 Å². The first-order chi connectivity index (χ1) is 10.2. The van der Waals surface area contributed by atoms with Gasteiger partial charge in [-0.25, -0.2) is 14.8 Å². The van der Waals surface area contributed by atoms with Crippen LogP contribution in [-0.4, -0.2) is 45.4 Å². The normalized spacial score (nSPS) is 18.5. The van der Waals surface area contributed by atoms with Crippen LogP contribution >= 0.6 is 0 Å². The van der Waals surface area contributed by atoms with Crippen molar-refractivity contribution in [3.05, 3.63) is 30.0 Å². The minimum Gasteiger partial charge on any atom is -0.338 e. The van der Waals surface area contributed by atoms with Gasteiger partial charge in [0.25, 0.3) is 0 Å². The molecule has 0 aliphatic carbocycles. The van der Waals surface area contributed by atoms with Gasteiger partial charge in [-0.15, -0.1) is 0 Å². The largest absolute Gasteiger partial charge is 0.338 e. The second-order valence-electron chi connectivity index (χ2n) is 5.22. The molecule has 1 aliphatic heterocycles. The van der Waals surface area contributed by atoms with E-state index in [1.54, 1.807) is 17.1 Å². The van der Waals surface area contributed by atoms with E-state index in [4.69, 9.17) is 6.57 Å². The lowest BCUT2D eigenvalue weighted by atomic mass is 10.2. The monoisotopic (exact) mass is 283 g/mol. The minimum atomic E-state index is 0.407. The molecule has 1 aliphatic rings. The number of rotatable bonds is 2. The van der Waals surface area contributed by atoms with Gasteiger partial charge in [-0.2, -0.15) is 5.10 Å². The number of aromatic nitrogens is 4. The predicted molar refractivity (Wildman–Crippen MR) is 80.2 cm³/mol. The van der Waals surface area contributed by atoms with E-state index < -0.39 is 0 Å². The maximum absolute atomic E-state index is 7.28. The molecule has 3 rings (SSSR count). The zero-order valence-electron chi connectivity index (χ0n) is 12.1. The van der Waals surface area contributed by atoms with Gasteiger partial charge in [-0.05, 0) is 6.92 Å². The van der Waals surface area contributed by atoms with E-state index in [1.165, 1.54) is 0 Å². The summed E-state index contributed by atoms with van der Waals surface area (Å²) in [6, 6.07) is 0.407. The van der Waals surface area contributed by atoms with Gasteiger partial charge in [0.15, 0.2) is 0 Å². The van der Waals surface area contributed by atoms with Crippen LogP contribution < -0.4 is 10.2 Å². The van der Waals surface area contributed by atoms with Crippen molar-refractivity contribution in [1.29, 1.82) is 0 Å². The van der Waals surface area contributed by atoms with Crippen molar-refractivity contribution in [2.45, 2.75) is 13.0 Å². The molecule has 7 heteroatoms. The Bertz CT molecular complexity index is 685. The van der Waals surface area contributed by atoms with Gasteiger partial charge in [0.05, 0.1) is 18.5 Å². The van der Waals surface area contributed by atoms with Crippen LogP contribution in [0.2, 0.25) is 0 Å². The molecule has 2 aromatic rings. The van der Waals surface area contributed by atoms with Crippen LogP contribution in [-0.2, 0) is 7.05 Å². The van der Waals surface area contributed by atoms with Crippen molar-refractivity contribution in [3.8, 4) is 11.3 Å². The Morgan fingerprint density at radius 3 is 2.95 bits per heavy atom. The summed E-state index contributed by atoms with van der Waals surface area (Å²) in [7, 11) is 1.85. The van der Waals surface area contributed by atoms with E-state index >= 15 is 0 Å². The lowest BCUT2D eigenvalue weighted by Crippen LogP contribution is -2.49. The van der Waals surface area contributed by atoms with Crippen LogP contribution in [0.5, 0.6) is 0 Å². The molecule has 0 radical (unpaired) electrons. The summed E-state index contributed by atoms with van der Waals surface area (Å²) in [6.45, 7) is 12.1. The zero-order valence-corrected chi connectivity index (χ0v) is 12.1. The fraction of sp³-hybridized carbons (Fsp3) is 0.429. The highest BCUT2D eigenvalue weighted by molar-refractivity contribution is 5.74. The van der Waals surface area contributed by atoms with E-state index in [1.807, 2.05) is 13.2 Å². The fourth-order valence-corrected chi connectivity index (χ4v) is 2.47. The molecule has 0 saturated carbocycles. The number of nitrogens with one attached hydrogen (secondary N) is 1. The van der Waals surface area contributed by atoms with Gasteiger partial charge in [0.1, 0.15) is 0 Å². The summed E-state index contributed by atoms with van der Waals surface area (Å²) in [5.41, 5.74) is 1.94. The summed E-state index contributed by atoms with van der Waals surface area (Å²) in [5, 5.41) is 7.55. The number of nitrogens with zero attached hydrogens (tertiary/aromatic N) is 6.